The number of amides is 2. The fourth-order valence-electron chi connectivity index (χ4n) is 6.69. The fraction of sp³-hybridized carbons (Fsp3) is 0.588. The predicted molar refractivity (Wildman–Crippen MR) is 170 cm³/mol. The number of benzene rings is 2. The van der Waals surface area contributed by atoms with Crippen molar-refractivity contribution in [3.63, 3.8) is 0 Å². The first-order chi connectivity index (χ1) is 22.1. The lowest BCUT2D eigenvalue weighted by Gasteiger charge is -2.31. The third kappa shape index (κ3) is 8.44. The second-order valence-electron chi connectivity index (χ2n) is 12.3. The van der Waals surface area contributed by atoms with Crippen LogP contribution in [-0.2, 0) is 25.4 Å². The molecule has 244 valence electrons. The minimum Gasteiger partial charge on any atom is -0.497 e. The van der Waals surface area contributed by atoms with E-state index in [1.54, 1.807) is 19.1 Å². The maximum absolute atomic E-state index is 13.2. The number of carbonyl (C=O) groups is 2. The second-order valence-corrected chi connectivity index (χ2v) is 13.4. The second kappa shape index (κ2) is 15.5. The number of fused-ring (bicyclic) bond motifs is 3. The molecule has 11 heteroatoms. The molecule has 10 nitrogen and oxygen atoms in total. The largest absolute Gasteiger partial charge is 0.497 e. The van der Waals surface area contributed by atoms with E-state index >= 15 is 0 Å². The normalized spacial score (nSPS) is 26.3. The van der Waals surface area contributed by atoms with Gasteiger partial charge in [0, 0.05) is 44.2 Å². The molecule has 4 heterocycles. The smallest absolute Gasteiger partial charge is 0.407 e. The maximum Gasteiger partial charge on any atom is 0.407 e. The van der Waals surface area contributed by atoms with Gasteiger partial charge in [-0.3, -0.25) is 4.79 Å². The minimum atomic E-state index is -0.423. The van der Waals surface area contributed by atoms with Crippen molar-refractivity contribution < 1.29 is 33.3 Å². The third-order valence-corrected chi connectivity index (χ3v) is 10.3. The average molecular weight is 640 g/mol. The molecule has 45 heavy (non-hydrogen) atoms. The highest BCUT2D eigenvalue weighted by Gasteiger charge is 2.44. The summed E-state index contributed by atoms with van der Waals surface area (Å²) in [5.74, 6) is 1.90. The monoisotopic (exact) mass is 639 g/mol. The standard InChI is InChI=1S/C34H45N3O7S/c1-40-27-11-12-31-29(21-27)41-18-7-3-6-16-37-26(10-13-32(37)38)22-36(45-31)17-14-25(20-24-8-4-2-5-9-24)35-34(39)44-30-23-43-33-28(30)15-19-42-33/h2,4-5,8-9,11-12,21,25-26,28,30,33H,3,6-7,10,13-20,22-23H2,1H3,(H,35,39)/t25-,26-,28+,30+,33-/m1/s1. The van der Waals surface area contributed by atoms with E-state index < -0.39 is 6.09 Å². The lowest BCUT2D eigenvalue weighted by Crippen LogP contribution is -2.43. The minimum absolute atomic E-state index is 0.0873. The molecular formula is C34H45N3O7S. The Bertz CT molecular complexity index is 1280. The van der Waals surface area contributed by atoms with Gasteiger partial charge in [-0.25, -0.2) is 9.10 Å². The van der Waals surface area contributed by atoms with Crippen LogP contribution in [0.5, 0.6) is 11.5 Å². The van der Waals surface area contributed by atoms with Gasteiger partial charge in [-0.15, -0.1) is 0 Å². The lowest BCUT2D eigenvalue weighted by molar-refractivity contribution is -0.129. The van der Waals surface area contributed by atoms with Gasteiger partial charge in [-0.2, -0.15) is 0 Å². The van der Waals surface area contributed by atoms with Crippen LogP contribution in [0, 0.1) is 5.92 Å². The summed E-state index contributed by atoms with van der Waals surface area (Å²) < 4.78 is 31.3. The molecule has 3 saturated heterocycles. The van der Waals surface area contributed by atoms with Crippen LogP contribution in [-0.4, -0.2) is 92.2 Å². The van der Waals surface area contributed by atoms with Gasteiger partial charge in [0.05, 0.1) is 37.7 Å². The lowest BCUT2D eigenvalue weighted by atomic mass is 10.0. The first-order valence-corrected chi connectivity index (χ1v) is 17.1. The molecule has 1 N–H and O–H groups in total. The van der Waals surface area contributed by atoms with Crippen molar-refractivity contribution in [3.8, 4) is 11.5 Å². The van der Waals surface area contributed by atoms with E-state index in [-0.39, 0.29) is 36.3 Å². The van der Waals surface area contributed by atoms with Crippen molar-refractivity contribution in [2.45, 2.75) is 80.7 Å². The van der Waals surface area contributed by atoms with Crippen molar-refractivity contribution in [2.75, 3.05) is 46.6 Å². The zero-order valence-electron chi connectivity index (χ0n) is 26.1. The maximum atomic E-state index is 13.2. The summed E-state index contributed by atoms with van der Waals surface area (Å²) >= 11 is 1.65. The zero-order chi connectivity index (χ0) is 31.0. The molecule has 2 aromatic carbocycles. The molecule has 0 aromatic heterocycles. The number of methoxy groups -OCH3 is 1. The molecule has 2 aromatic rings. The van der Waals surface area contributed by atoms with Crippen LogP contribution in [0.1, 0.15) is 50.5 Å². The molecule has 0 radical (unpaired) electrons. The van der Waals surface area contributed by atoms with Gasteiger partial charge in [0.1, 0.15) is 17.6 Å². The topological polar surface area (TPSA) is 98.8 Å². The van der Waals surface area contributed by atoms with E-state index in [0.717, 1.165) is 67.2 Å². The van der Waals surface area contributed by atoms with Gasteiger partial charge >= 0.3 is 6.09 Å². The van der Waals surface area contributed by atoms with Crippen LogP contribution < -0.4 is 14.8 Å². The molecule has 2 amide bonds. The number of rotatable bonds is 8. The molecule has 4 aliphatic heterocycles. The number of ether oxygens (including phenoxy) is 5. The van der Waals surface area contributed by atoms with Crippen LogP contribution in [0.4, 0.5) is 4.79 Å². The zero-order valence-corrected chi connectivity index (χ0v) is 26.9. The number of hydrogen-bond acceptors (Lipinski definition) is 9. The van der Waals surface area contributed by atoms with E-state index in [1.807, 2.05) is 36.4 Å². The molecule has 0 bridgehead atoms. The van der Waals surface area contributed by atoms with E-state index in [1.165, 1.54) is 0 Å². The Balaban J connectivity index is 1.18. The van der Waals surface area contributed by atoms with E-state index in [0.29, 0.717) is 45.6 Å². The van der Waals surface area contributed by atoms with Crippen LogP contribution in [0.25, 0.3) is 0 Å². The van der Waals surface area contributed by atoms with Crippen LogP contribution in [0.3, 0.4) is 0 Å². The number of alkyl carbamates (subject to hydrolysis) is 1. The molecule has 0 aliphatic carbocycles. The van der Waals surface area contributed by atoms with Gasteiger partial charge in [-0.1, -0.05) is 30.3 Å². The molecule has 0 unspecified atom stereocenters. The summed E-state index contributed by atoms with van der Waals surface area (Å²) in [6.45, 7) is 3.81. The molecule has 0 saturated carbocycles. The van der Waals surface area contributed by atoms with Crippen molar-refractivity contribution in [3.05, 3.63) is 54.1 Å². The highest BCUT2D eigenvalue weighted by Crippen LogP contribution is 2.37. The number of nitrogens with zero attached hydrogens (tertiary/aromatic N) is 2. The Morgan fingerprint density at radius 3 is 2.84 bits per heavy atom. The highest BCUT2D eigenvalue weighted by molar-refractivity contribution is 7.97. The number of hydrogen-bond donors (Lipinski definition) is 1. The first-order valence-electron chi connectivity index (χ1n) is 16.3. The summed E-state index contributed by atoms with van der Waals surface area (Å²) in [6.07, 6.45) is 5.57. The van der Waals surface area contributed by atoms with Crippen LogP contribution in [0.15, 0.2) is 53.4 Å². The SMILES string of the molecule is COc1ccc2c(c1)OCCCCCN1C(=O)CC[C@@H]1CN(CC[C@H](Cc1ccccc1)NC(=O)O[C@H]1CO[C@H]3OCC[C@H]31)S2. The highest BCUT2D eigenvalue weighted by atomic mass is 32.2. The summed E-state index contributed by atoms with van der Waals surface area (Å²) in [7, 11) is 1.66. The average Bonchev–Trinajstić information content (AvgIpc) is 3.76. The summed E-state index contributed by atoms with van der Waals surface area (Å²) in [5, 5.41) is 3.18. The quantitative estimate of drug-likeness (QED) is 0.398. The van der Waals surface area contributed by atoms with E-state index in [4.69, 9.17) is 23.7 Å². The van der Waals surface area contributed by atoms with E-state index in [2.05, 4.69) is 26.7 Å². The van der Waals surface area contributed by atoms with Crippen molar-refractivity contribution in [2.24, 2.45) is 5.92 Å². The van der Waals surface area contributed by atoms with Gasteiger partial charge < -0.3 is 33.9 Å². The van der Waals surface area contributed by atoms with Crippen LogP contribution >= 0.6 is 11.9 Å². The predicted octanol–water partition coefficient (Wildman–Crippen LogP) is 5.05. The Morgan fingerprint density at radius 1 is 1.09 bits per heavy atom. The van der Waals surface area contributed by atoms with Crippen molar-refractivity contribution in [1.29, 1.82) is 0 Å². The van der Waals surface area contributed by atoms with Gasteiger partial charge in [0.25, 0.3) is 0 Å². The summed E-state index contributed by atoms with van der Waals surface area (Å²) in [6, 6.07) is 16.2. The number of nitrogens with one attached hydrogen (secondary N) is 1. The van der Waals surface area contributed by atoms with E-state index in [9.17, 15) is 9.59 Å². The Labute approximate surface area is 270 Å². The fourth-order valence-corrected chi connectivity index (χ4v) is 7.75. The van der Waals surface area contributed by atoms with Gasteiger partial charge in [-0.05, 0) is 74.6 Å². The van der Waals surface area contributed by atoms with Crippen LogP contribution in [0.2, 0.25) is 0 Å². The van der Waals surface area contributed by atoms with Crippen molar-refractivity contribution >= 4 is 23.9 Å². The summed E-state index contributed by atoms with van der Waals surface area (Å²) in [4.78, 5) is 29.2. The van der Waals surface area contributed by atoms with Gasteiger partial charge in [0.15, 0.2) is 6.29 Å². The summed E-state index contributed by atoms with van der Waals surface area (Å²) in [5.41, 5.74) is 1.15. The third-order valence-electron chi connectivity index (χ3n) is 9.16. The van der Waals surface area contributed by atoms with Gasteiger partial charge in [0.2, 0.25) is 5.91 Å². The molecule has 0 spiro atoms. The Hall–Kier alpha value is -2.99. The first kappa shape index (κ1) is 32.0. The molecule has 5 atom stereocenters. The Morgan fingerprint density at radius 2 is 1.98 bits per heavy atom. The Kier molecular flexibility index (Phi) is 11.0. The molecule has 4 aliphatic rings. The molecule has 3 fully saturated rings. The van der Waals surface area contributed by atoms with Crippen molar-refractivity contribution in [1.82, 2.24) is 14.5 Å². The number of carbonyl (C=O) groups excluding carboxylic acids is 2. The molecule has 6 rings (SSSR count). The molecular weight excluding hydrogens is 594 g/mol.